The number of likely N-dealkylation sites (tertiary alicyclic amines) is 1. The molecule has 0 atom stereocenters. The molecule has 0 aromatic carbocycles. The summed E-state index contributed by atoms with van der Waals surface area (Å²) in [6, 6.07) is 0. The van der Waals surface area contributed by atoms with Crippen molar-refractivity contribution in [1.82, 2.24) is 10.2 Å². The molecule has 1 N–H and O–H groups in total. The van der Waals surface area contributed by atoms with E-state index in [9.17, 15) is 4.79 Å². The maximum atomic E-state index is 11.3. The molecule has 0 aromatic rings. The van der Waals surface area contributed by atoms with Crippen LogP contribution >= 0.6 is 0 Å². The monoisotopic (exact) mass is 242 g/mol. The zero-order chi connectivity index (χ0) is 12.5. The topological polar surface area (TPSA) is 41.6 Å². The molecular formula is C13H26N2O2. The highest BCUT2D eigenvalue weighted by molar-refractivity contribution is 5.75. The van der Waals surface area contributed by atoms with Gasteiger partial charge in [-0.05, 0) is 26.2 Å². The summed E-state index contributed by atoms with van der Waals surface area (Å²) >= 11 is 0. The maximum absolute atomic E-state index is 11.3. The molecule has 1 fully saturated rings. The van der Waals surface area contributed by atoms with Crippen LogP contribution in [0.15, 0.2) is 0 Å². The molecule has 4 nitrogen and oxygen atoms in total. The molecule has 1 heterocycles. The van der Waals surface area contributed by atoms with Crippen LogP contribution in [0, 0.1) is 0 Å². The van der Waals surface area contributed by atoms with Crippen molar-refractivity contribution in [2.24, 2.45) is 0 Å². The molecule has 1 saturated heterocycles. The van der Waals surface area contributed by atoms with E-state index in [-0.39, 0.29) is 5.91 Å². The molecule has 0 aromatic heterocycles. The summed E-state index contributed by atoms with van der Waals surface area (Å²) in [6.45, 7) is 8.82. The fourth-order valence-electron chi connectivity index (χ4n) is 2.20. The van der Waals surface area contributed by atoms with E-state index < -0.39 is 0 Å². The molecule has 1 amide bonds. The second-order valence-electron chi connectivity index (χ2n) is 4.60. The summed E-state index contributed by atoms with van der Waals surface area (Å²) in [5.74, 6) is 0.178. The minimum absolute atomic E-state index is 0.178. The lowest BCUT2D eigenvalue weighted by atomic mass is 10.1. The van der Waals surface area contributed by atoms with Crippen molar-refractivity contribution in [3.8, 4) is 0 Å². The van der Waals surface area contributed by atoms with Gasteiger partial charge in [0.05, 0.1) is 6.10 Å². The quantitative estimate of drug-likeness (QED) is 0.734. The van der Waals surface area contributed by atoms with Gasteiger partial charge in [0, 0.05) is 39.2 Å². The number of hydrogen-bond donors (Lipinski definition) is 1. The number of ether oxygens (including phenoxy) is 1. The van der Waals surface area contributed by atoms with E-state index in [1.54, 1.807) is 0 Å². The Balaban J connectivity index is 2.04. The van der Waals surface area contributed by atoms with E-state index in [2.05, 4.69) is 17.1 Å². The summed E-state index contributed by atoms with van der Waals surface area (Å²) in [5.41, 5.74) is 0. The first-order valence-corrected chi connectivity index (χ1v) is 6.87. The van der Waals surface area contributed by atoms with Gasteiger partial charge in [0.15, 0.2) is 0 Å². The molecule has 0 bridgehead atoms. The predicted octanol–water partition coefficient (Wildman–Crippen LogP) is 1.40. The lowest BCUT2D eigenvalue weighted by molar-refractivity contribution is -0.121. The highest BCUT2D eigenvalue weighted by Crippen LogP contribution is 2.12. The molecule has 17 heavy (non-hydrogen) atoms. The summed E-state index contributed by atoms with van der Waals surface area (Å²) in [7, 11) is 0. The van der Waals surface area contributed by atoms with E-state index in [0.717, 1.165) is 52.0 Å². The number of rotatable bonds is 7. The number of hydrogen-bond acceptors (Lipinski definition) is 3. The summed E-state index contributed by atoms with van der Waals surface area (Å²) in [6.07, 6.45) is 4.26. The maximum Gasteiger partial charge on any atom is 0.220 e. The molecule has 0 radical (unpaired) electrons. The smallest absolute Gasteiger partial charge is 0.220 e. The number of amides is 1. The molecule has 0 aliphatic carbocycles. The first-order chi connectivity index (χ1) is 8.26. The van der Waals surface area contributed by atoms with Gasteiger partial charge < -0.3 is 15.0 Å². The molecule has 1 rings (SSSR count). The van der Waals surface area contributed by atoms with Gasteiger partial charge >= 0.3 is 0 Å². The highest BCUT2D eigenvalue weighted by Gasteiger charge is 2.18. The fraction of sp³-hybridized carbons (Fsp3) is 0.923. The van der Waals surface area contributed by atoms with Crippen molar-refractivity contribution in [3.05, 3.63) is 0 Å². The predicted molar refractivity (Wildman–Crippen MR) is 69.0 cm³/mol. The zero-order valence-corrected chi connectivity index (χ0v) is 11.2. The zero-order valence-electron chi connectivity index (χ0n) is 11.2. The Bertz CT molecular complexity index is 213. The minimum atomic E-state index is 0.178. The van der Waals surface area contributed by atoms with Gasteiger partial charge in [-0.3, -0.25) is 4.79 Å². The van der Waals surface area contributed by atoms with Crippen LogP contribution in [0.3, 0.4) is 0 Å². The Labute approximate surface area is 105 Å². The van der Waals surface area contributed by atoms with Gasteiger partial charge in [-0.15, -0.1) is 0 Å². The Morgan fingerprint density at radius 2 is 2.06 bits per heavy atom. The van der Waals surface area contributed by atoms with Gasteiger partial charge in [-0.2, -0.15) is 0 Å². The van der Waals surface area contributed by atoms with Crippen LogP contribution in [0.25, 0.3) is 0 Å². The van der Waals surface area contributed by atoms with Gasteiger partial charge in [0.1, 0.15) is 0 Å². The van der Waals surface area contributed by atoms with Crippen LogP contribution < -0.4 is 5.32 Å². The van der Waals surface area contributed by atoms with Crippen LogP contribution in [0.1, 0.15) is 39.5 Å². The van der Waals surface area contributed by atoms with Gasteiger partial charge in [0.25, 0.3) is 0 Å². The van der Waals surface area contributed by atoms with Gasteiger partial charge in [-0.25, -0.2) is 0 Å². The second-order valence-corrected chi connectivity index (χ2v) is 4.60. The average molecular weight is 242 g/mol. The van der Waals surface area contributed by atoms with Crippen LogP contribution in [0.5, 0.6) is 0 Å². The SMILES string of the molecule is CCCC(=O)NCCN1CCC(OCC)CC1. The minimum Gasteiger partial charge on any atom is -0.378 e. The van der Waals surface area contributed by atoms with E-state index >= 15 is 0 Å². The molecule has 100 valence electrons. The Hall–Kier alpha value is -0.610. The Kier molecular flexibility index (Phi) is 7.21. The average Bonchev–Trinajstić information content (AvgIpc) is 2.32. The standard InChI is InChI=1S/C13H26N2O2/c1-3-5-13(16)14-8-11-15-9-6-12(7-10-15)17-4-2/h12H,3-11H2,1-2H3,(H,14,16). The molecule has 0 saturated carbocycles. The van der Waals surface area contributed by atoms with E-state index in [4.69, 9.17) is 4.74 Å². The van der Waals surface area contributed by atoms with Crippen molar-refractivity contribution < 1.29 is 9.53 Å². The lowest BCUT2D eigenvalue weighted by Crippen LogP contribution is -2.41. The van der Waals surface area contributed by atoms with Crippen LogP contribution in [0.2, 0.25) is 0 Å². The molecule has 0 unspecified atom stereocenters. The number of piperidine rings is 1. The normalized spacial score (nSPS) is 18.2. The van der Waals surface area contributed by atoms with E-state index in [0.29, 0.717) is 12.5 Å². The summed E-state index contributed by atoms with van der Waals surface area (Å²) in [5, 5.41) is 2.96. The number of carbonyl (C=O) groups is 1. The Morgan fingerprint density at radius 3 is 2.65 bits per heavy atom. The van der Waals surface area contributed by atoms with Crippen LogP contribution in [0.4, 0.5) is 0 Å². The first-order valence-electron chi connectivity index (χ1n) is 6.87. The molecule has 1 aliphatic rings. The summed E-state index contributed by atoms with van der Waals surface area (Å²) in [4.78, 5) is 13.7. The van der Waals surface area contributed by atoms with Gasteiger partial charge in [-0.1, -0.05) is 6.92 Å². The van der Waals surface area contributed by atoms with Gasteiger partial charge in [0.2, 0.25) is 5.91 Å². The number of nitrogens with zero attached hydrogens (tertiary/aromatic N) is 1. The molecule has 0 spiro atoms. The molecule has 4 heteroatoms. The van der Waals surface area contributed by atoms with Crippen molar-refractivity contribution in [2.45, 2.75) is 45.6 Å². The largest absolute Gasteiger partial charge is 0.378 e. The summed E-state index contributed by atoms with van der Waals surface area (Å²) < 4.78 is 5.61. The third-order valence-corrected chi connectivity index (χ3v) is 3.16. The first kappa shape index (κ1) is 14.5. The van der Waals surface area contributed by atoms with Crippen molar-refractivity contribution >= 4 is 5.91 Å². The van der Waals surface area contributed by atoms with Crippen LogP contribution in [-0.2, 0) is 9.53 Å². The van der Waals surface area contributed by atoms with E-state index in [1.807, 2.05) is 6.92 Å². The van der Waals surface area contributed by atoms with Crippen molar-refractivity contribution in [1.29, 1.82) is 0 Å². The van der Waals surface area contributed by atoms with Crippen LogP contribution in [-0.4, -0.2) is 49.7 Å². The van der Waals surface area contributed by atoms with Crippen molar-refractivity contribution in [3.63, 3.8) is 0 Å². The second kappa shape index (κ2) is 8.48. The lowest BCUT2D eigenvalue weighted by Gasteiger charge is -2.31. The van der Waals surface area contributed by atoms with Crippen molar-refractivity contribution in [2.75, 3.05) is 32.8 Å². The van der Waals surface area contributed by atoms with E-state index in [1.165, 1.54) is 0 Å². The third-order valence-electron chi connectivity index (χ3n) is 3.16. The fourth-order valence-corrected chi connectivity index (χ4v) is 2.20. The highest BCUT2D eigenvalue weighted by atomic mass is 16.5. The number of nitrogens with one attached hydrogen (secondary N) is 1. The molecular weight excluding hydrogens is 216 g/mol. The number of carbonyl (C=O) groups excluding carboxylic acids is 1. The third kappa shape index (κ3) is 6.03. The Morgan fingerprint density at radius 1 is 1.35 bits per heavy atom. The molecule has 1 aliphatic heterocycles.